The van der Waals surface area contributed by atoms with E-state index in [1.165, 1.54) is 20.9 Å². The van der Waals surface area contributed by atoms with Crippen LogP contribution in [0.4, 0.5) is 34.3 Å². The molecule has 13 aromatic rings. The SMILES string of the molecule is c1ccc(N2c3ccccc3Sc3c2n(-c2ccccc2)c2ccc(-c4cccc(-c5cccc(N(c6ccc7c(c6)oc6ccccc67)c6ccc7c(c6)oc6ccccc67)c5)c4)cc32)cc1. The Morgan fingerprint density at radius 3 is 1.56 bits per heavy atom. The van der Waals surface area contributed by atoms with Crippen LogP contribution in [0.5, 0.6) is 0 Å². The Bertz CT molecular complexity index is 3980. The van der Waals surface area contributed by atoms with Gasteiger partial charge in [-0.1, -0.05) is 133 Å². The second kappa shape index (κ2) is 15.4. The number of nitrogens with zero attached hydrogens (tertiary/aromatic N) is 3. The van der Waals surface area contributed by atoms with E-state index >= 15 is 0 Å². The van der Waals surface area contributed by atoms with E-state index in [1.54, 1.807) is 0 Å². The van der Waals surface area contributed by atoms with E-state index in [9.17, 15) is 0 Å². The fraction of sp³-hybridized carbons (Fsp3) is 0. The number of aromatic nitrogens is 1. The molecule has 3 aromatic heterocycles. The molecule has 0 bridgehead atoms. The molecule has 14 rings (SSSR count). The third-order valence-corrected chi connectivity index (χ3v) is 14.5. The quantitative estimate of drug-likeness (QED) is 0.159. The maximum absolute atomic E-state index is 6.45. The van der Waals surface area contributed by atoms with Crippen LogP contribution in [-0.2, 0) is 0 Å². The van der Waals surface area contributed by atoms with Gasteiger partial charge in [0.05, 0.1) is 16.1 Å². The second-order valence-electron chi connectivity index (χ2n) is 17.3. The van der Waals surface area contributed by atoms with Gasteiger partial charge < -0.3 is 13.7 Å². The standard InChI is InChI=1S/C62H39N3O2S/c1-3-18-44(19-4-1)64-54-34-29-43(37-53(54)61-62(64)65(45-20-5-2-6-21-45)55-25-9-12-28-60(55)68-61)41-16-13-15-40(35-41)42-17-14-22-46(36-42)63(47-30-32-51-49-23-7-10-26-56(49)66-58(51)38-47)48-31-33-52-50-24-8-11-27-57(50)67-59(52)39-48/h1-39H. The summed E-state index contributed by atoms with van der Waals surface area (Å²) >= 11 is 1.85. The normalized spacial score (nSPS) is 12.3. The number of furan rings is 2. The van der Waals surface area contributed by atoms with Crippen LogP contribution in [-0.4, -0.2) is 4.57 Å². The second-order valence-corrected chi connectivity index (χ2v) is 18.4. The van der Waals surface area contributed by atoms with Crippen molar-refractivity contribution in [1.29, 1.82) is 0 Å². The Labute approximate surface area is 396 Å². The molecule has 0 unspecified atom stereocenters. The monoisotopic (exact) mass is 889 g/mol. The zero-order valence-corrected chi connectivity index (χ0v) is 37.4. The van der Waals surface area contributed by atoms with Crippen LogP contribution in [0.1, 0.15) is 0 Å². The molecule has 4 heterocycles. The van der Waals surface area contributed by atoms with Gasteiger partial charge in [-0.25, -0.2) is 0 Å². The highest BCUT2D eigenvalue weighted by Crippen LogP contribution is 2.56. The summed E-state index contributed by atoms with van der Waals surface area (Å²) in [4.78, 5) is 7.19. The van der Waals surface area contributed by atoms with Crippen molar-refractivity contribution in [1.82, 2.24) is 4.57 Å². The Morgan fingerprint density at radius 1 is 0.353 bits per heavy atom. The van der Waals surface area contributed by atoms with Gasteiger partial charge in [0.2, 0.25) is 0 Å². The maximum atomic E-state index is 6.45. The van der Waals surface area contributed by atoms with Gasteiger partial charge in [-0.2, -0.15) is 0 Å². The highest BCUT2D eigenvalue weighted by atomic mass is 32.2. The fourth-order valence-corrected chi connectivity index (χ4v) is 11.4. The molecule has 0 amide bonds. The summed E-state index contributed by atoms with van der Waals surface area (Å²) in [5.74, 6) is 1.15. The predicted molar refractivity (Wildman–Crippen MR) is 282 cm³/mol. The van der Waals surface area contributed by atoms with E-state index in [2.05, 4.69) is 227 Å². The lowest BCUT2D eigenvalue weighted by atomic mass is 9.98. The number of fused-ring (bicyclic) bond motifs is 10. The molecule has 1 aliphatic heterocycles. The highest BCUT2D eigenvalue weighted by Gasteiger charge is 2.32. The Morgan fingerprint density at radius 2 is 0.882 bits per heavy atom. The van der Waals surface area contributed by atoms with Crippen LogP contribution in [0, 0.1) is 0 Å². The maximum Gasteiger partial charge on any atom is 0.137 e. The number of hydrogen-bond acceptors (Lipinski definition) is 5. The fourth-order valence-electron chi connectivity index (χ4n) is 10.2. The number of benzene rings is 10. The summed E-state index contributed by atoms with van der Waals surface area (Å²) < 4.78 is 15.3. The van der Waals surface area contributed by atoms with Crippen molar-refractivity contribution in [3.05, 3.63) is 237 Å². The lowest BCUT2D eigenvalue weighted by Crippen LogP contribution is -2.17. The Hall–Kier alpha value is -8.71. The smallest absolute Gasteiger partial charge is 0.137 e. The first-order valence-corrected chi connectivity index (χ1v) is 23.7. The molecule has 0 aliphatic carbocycles. The molecular formula is C62H39N3O2S. The molecule has 0 fully saturated rings. The van der Waals surface area contributed by atoms with E-state index in [0.717, 1.165) is 106 Å². The van der Waals surface area contributed by atoms with E-state index in [4.69, 9.17) is 8.83 Å². The zero-order valence-electron chi connectivity index (χ0n) is 36.6. The third kappa shape index (κ3) is 6.19. The summed E-state index contributed by atoms with van der Waals surface area (Å²) in [7, 11) is 0. The largest absolute Gasteiger partial charge is 0.456 e. The molecule has 0 saturated heterocycles. The van der Waals surface area contributed by atoms with Gasteiger partial charge in [-0.15, -0.1) is 0 Å². The summed E-state index contributed by atoms with van der Waals surface area (Å²) in [6.07, 6.45) is 0. The molecule has 10 aromatic carbocycles. The lowest BCUT2D eigenvalue weighted by molar-refractivity contribution is 0.669. The van der Waals surface area contributed by atoms with Crippen molar-refractivity contribution < 1.29 is 8.83 Å². The van der Waals surface area contributed by atoms with Crippen molar-refractivity contribution in [3.8, 4) is 27.9 Å². The van der Waals surface area contributed by atoms with Crippen LogP contribution >= 0.6 is 11.8 Å². The van der Waals surface area contributed by atoms with Gasteiger partial charge in [0, 0.05) is 72.4 Å². The minimum absolute atomic E-state index is 0.843. The molecule has 5 nitrogen and oxygen atoms in total. The molecule has 0 atom stereocenters. The summed E-state index contributed by atoms with van der Waals surface area (Å²) in [6.45, 7) is 0. The lowest BCUT2D eigenvalue weighted by Gasteiger charge is -2.32. The molecule has 1 aliphatic rings. The molecule has 6 heteroatoms. The molecule has 0 saturated carbocycles. The van der Waals surface area contributed by atoms with Crippen molar-refractivity contribution in [2.75, 3.05) is 9.80 Å². The van der Waals surface area contributed by atoms with Gasteiger partial charge in [0.1, 0.15) is 28.1 Å². The molecular weight excluding hydrogens is 851 g/mol. The van der Waals surface area contributed by atoms with Gasteiger partial charge >= 0.3 is 0 Å². The first-order chi connectivity index (χ1) is 33.7. The molecule has 0 radical (unpaired) electrons. The number of rotatable bonds is 7. The zero-order chi connectivity index (χ0) is 44.7. The average Bonchev–Trinajstić information content (AvgIpc) is 4.07. The van der Waals surface area contributed by atoms with Crippen LogP contribution < -0.4 is 9.80 Å². The van der Waals surface area contributed by atoms with Gasteiger partial charge in [-0.3, -0.25) is 9.47 Å². The van der Waals surface area contributed by atoms with E-state index in [0.29, 0.717) is 0 Å². The molecule has 0 N–H and O–H groups in total. The van der Waals surface area contributed by atoms with Crippen molar-refractivity contribution in [3.63, 3.8) is 0 Å². The molecule has 68 heavy (non-hydrogen) atoms. The van der Waals surface area contributed by atoms with Crippen molar-refractivity contribution >= 4 is 101 Å². The van der Waals surface area contributed by atoms with E-state index < -0.39 is 0 Å². The summed E-state index contributed by atoms with van der Waals surface area (Å²) in [5, 5.41) is 5.62. The number of anilines is 6. The van der Waals surface area contributed by atoms with Crippen LogP contribution in [0.15, 0.2) is 255 Å². The van der Waals surface area contributed by atoms with E-state index in [1.807, 2.05) is 36.0 Å². The van der Waals surface area contributed by atoms with Gasteiger partial charge in [0.25, 0.3) is 0 Å². The predicted octanol–water partition coefficient (Wildman–Crippen LogP) is 18.2. The topological polar surface area (TPSA) is 37.7 Å². The van der Waals surface area contributed by atoms with Crippen molar-refractivity contribution in [2.45, 2.75) is 9.79 Å². The first kappa shape index (κ1) is 38.5. The number of para-hydroxylation sites is 5. The van der Waals surface area contributed by atoms with Gasteiger partial charge in [-0.05, 0) is 125 Å². The van der Waals surface area contributed by atoms with Gasteiger partial charge in [0.15, 0.2) is 0 Å². The minimum atomic E-state index is 0.843. The Balaban J connectivity index is 0.895. The average molecular weight is 890 g/mol. The molecule has 0 spiro atoms. The summed E-state index contributed by atoms with van der Waals surface area (Å²) in [6, 6.07) is 84.5. The van der Waals surface area contributed by atoms with Crippen LogP contribution in [0.25, 0.3) is 82.7 Å². The number of hydrogen-bond donors (Lipinski definition) is 0. The minimum Gasteiger partial charge on any atom is -0.456 e. The van der Waals surface area contributed by atoms with Crippen LogP contribution in [0.2, 0.25) is 0 Å². The Kier molecular flexibility index (Phi) is 8.76. The highest BCUT2D eigenvalue weighted by molar-refractivity contribution is 8.00. The first-order valence-electron chi connectivity index (χ1n) is 22.9. The van der Waals surface area contributed by atoms with Crippen LogP contribution in [0.3, 0.4) is 0 Å². The van der Waals surface area contributed by atoms with Crippen molar-refractivity contribution in [2.24, 2.45) is 0 Å². The third-order valence-electron chi connectivity index (χ3n) is 13.3. The summed E-state index contributed by atoms with van der Waals surface area (Å²) in [5.41, 5.74) is 15.6. The molecule has 320 valence electrons. The van der Waals surface area contributed by atoms with E-state index in [-0.39, 0.29) is 0 Å².